The number of carbonyl (C=O) groups excluding carboxylic acids is 1. The van der Waals surface area contributed by atoms with E-state index in [4.69, 9.17) is 9.47 Å². The largest absolute Gasteiger partial charge is 0.497 e. The van der Waals surface area contributed by atoms with Crippen LogP contribution in [0, 0.1) is 0 Å². The first-order chi connectivity index (χ1) is 13.2. The Kier molecular flexibility index (Phi) is 5.84. The molecule has 138 valence electrons. The van der Waals surface area contributed by atoms with Crippen LogP contribution in [0.2, 0.25) is 0 Å². The third-order valence-corrected chi connectivity index (χ3v) is 3.86. The maximum absolute atomic E-state index is 12.2. The van der Waals surface area contributed by atoms with Gasteiger partial charge in [0.2, 0.25) is 0 Å². The zero-order chi connectivity index (χ0) is 19.1. The lowest BCUT2D eigenvalue weighted by Gasteiger charge is -2.12. The summed E-state index contributed by atoms with van der Waals surface area (Å²) in [6.07, 6.45) is 5.00. The van der Waals surface area contributed by atoms with Crippen LogP contribution in [0.4, 0.5) is 11.4 Å². The second kappa shape index (κ2) is 8.66. The number of benzene rings is 1. The Morgan fingerprint density at radius 1 is 1.07 bits per heavy atom. The minimum atomic E-state index is -0.243. The molecule has 0 fully saturated rings. The highest BCUT2D eigenvalue weighted by atomic mass is 16.5. The van der Waals surface area contributed by atoms with Gasteiger partial charge in [0.1, 0.15) is 17.2 Å². The Hall–Kier alpha value is -3.61. The third kappa shape index (κ3) is 4.72. The van der Waals surface area contributed by atoms with Crippen LogP contribution < -0.4 is 20.1 Å². The van der Waals surface area contributed by atoms with Gasteiger partial charge in [0, 0.05) is 25.0 Å². The number of rotatable bonds is 7. The molecule has 3 rings (SSSR count). The molecule has 0 aliphatic carbocycles. The van der Waals surface area contributed by atoms with Gasteiger partial charge < -0.3 is 20.1 Å². The van der Waals surface area contributed by atoms with Gasteiger partial charge in [-0.1, -0.05) is 6.07 Å². The predicted octanol–water partition coefficient (Wildman–Crippen LogP) is 3.17. The SMILES string of the molecule is COc1ccc(Nc2ccc(C(=O)NCc3cccnc3)nc2)c(OC)c1. The molecule has 2 aromatic heterocycles. The zero-order valence-corrected chi connectivity index (χ0v) is 15.1. The summed E-state index contributed by atoms with van der Waals surface area (Å²) in [6.45, 7) is 0.400. The molecule has 0 radical (unpaired) electrons. The number of ether oxygens (including phenoxy) is 2. The van der Waals surface area contributed by atoms with Crippen LogP contribution in [0.25, 0.3) is 0 Å². The first-order valence-electron chi connectivity index (χ1n) is 8.32. The summed E-state index contributed by atoms with van der Waals surface area (Å²) in [4.78, 5) is 20.4. The second-order valence-corrected chi connectivity index (χ2v) is 5.67. The fourth-order valence-electron chi connectivity index (χ4n) is 2.44. The third-order valence-electron chi connectivity index (χ3n) is 3.86. The van der Waals surface area contributed by atoms with Crippen molar-refractivity contribution < 1.29 is 14.3 Å². The summed E-state index contributed by atoms with van der Waals surface area (Å²) >= 11 is 0. The summed E-state index contributed by atoms with van der Waals surface area (Å²) in [5, 5.41) is 6.04. The van der Waals surface area contributed by atoms with E-state index in [0.29, 0.717) is 23.7 Å². The van der Waals surface area contributed by atoms with E-state index >= 15 is 0 Å². The zero-order valence-electron chi connectivity index (χ0n) is 15.1. The van der Waals surface area contributed by atoms with Crippen molar-refractivity contribution in [1.82, 2.24) is 15.3 Å². The van der Waals surface area contributed by atoms with Crippen molar-refractivity contribution in [3.05, 3.63) is 72.3 Å². The average molecular weight is 364 g/mol. The Labute approximate surface area is 157 Å². The lowest BCUT2D eigenvalue weighted by atomic mass is 10.2. The fraction of sp³-hybridized carbons (Fsp3) is 0.150. The van der Waals surface area contributed by atoms with Crippen molar-refractivity contribution in [2.24, 2.45) is 0 Å². The summed E-state index contributed by atoms with van der Waals surface area (Å²) in [7, 11) is 3.19. The molecule has 2 N–H and O–H groups in total. The Morgan fingerprint density at radius 3 is 2.63 bits per heavy atom. The van der Waals surface area contributed by atoms with E-state index in [2.05, 4.69) is 20.6 Å². The van der Waals surface area contributed by atoms with E-state index < -0.39 is 0 Å². The number of hydrogen-bond donors (Lipinski definition) is 2. The Balaban J connectivity index is 1.64. The van der Waals surface area contributed by atoms with E-state index in [0.717, 1.165) is 16.9 Å². The van der Waals surface area contributed by atoms with Crippen LogP contribution in [-0.4, -0.2) is 30.1 Å². The van der Waals surface area contributed by atoms with E-state index in [1.54, 1.807) is 51.0 Å². The number of carbonyl (C=O) groups is 1. The molecule has 1 amide bonds. The number of anilines is 2. The molecule has 0 aliphatic heterocycles. The molecule has 27 heavy (non-hydrogen) atoms. The molecular weight excluding hydrogens is 344 g/mol. The number of pyridine rings is 2. The number of aromatic nitrogens is 2. The Morgan fingerprint density at radius 2 is 1.96 bits per heavy atom. The molecule has 1 aromatic carbocycles. The van der Waals surface area contributed by atoms with Gasteiger partial charge in [0.15, 0.2) is 0 Å². The van der Waals surface area contributed by atoms with Crippen molar-refractivity contribution in [3.8, 4) is 11.5 Å². The highest BCUT2D eigenvalue weighted by Gasteiger charge is 2.09. The molecular formula is C20H20N4O3. The maximum Gasteiger partial charge on any atom is 0.270 e. The molecule has 0 spiro atoms. The monoisotopic (exact) mass is 364 g/mol. The molecule has 0 bridgehead atoms. The van der Waals surface area contributed by atoms with Crippen LogP contribution in [-0.2, 0) is 6.54 Å². The minimum absolute atomic E-state index is 0.243. The van der Waals surface area contributed by atoms with Crippen molar-refractivity contribution >= 4 is 17.3 Å². The van der Waals surface area contributed by atoms with Crippen LogP contribution >= 0.6 is 0 Å². The minimum Gasteiger partial charge on any atom is -0.497 e. The smallest absolute Gasteiger partial charge is 0.270 e. The number of nitrogens with zero attached hydrogens (tertiary/aromatic N) is 2. The number of amides is 1. The standard InChI is InChI=1S/C20H20N4O3/c1-26-16-6-8-17(19(10-16)27-2)24-15-5-7-18(22-13-15)20(25)23-12-14-4-3-9-21-11-14/h3-11,13,24H,12H2,1-2H3,(H,23,25). The highest BCUT2D eigenvalue weighted by Crippen LogP contribution is 2.31. The molecule has 7 heteroatoms. The summed E-state index contributed by atoms with van der Waals surface area (Å²) in [5.41, 5.74) is 2.78. The molecule has 2 heterocycles. The molecule has 0 atom stereocenters. The lowest BCUT2D eigenvalue weighted by Crippen LogP contribution is -2.23. The highest BCUT2D eigenvalue weighted by molar-refractivity contribution is 5.92. The van der Waals surface area contributed by atoms with Gasteiger partial charge in [-0.2, -0.15) is 0 Å². The van der Waals surface area contributed by atoms with Crippen LogP contribution in [0.3, 0.4) is 0 Å². The van der Waals surface area contributed by atoms with Gasteiger partial charge in [-0.15, -0.1) is 0 Å². The van der Waals surface area contributed by atoms with Crippen LogP contribution in [0.1, 0.15) is 16.1 Å². The van der Waals surface area contributed by atoms with Crippen molar-refractivity contribution in [2.45, 2.75) is 6.54 Å². The maximum atomic E-state index is 12.2. The molecule has 0 saturated heterocycles. The molecule has 0 unspecified atom stereocenters. The molecule has 0 aliphatic rings. The van der Waals surface area contributed by atoms with Gasteiger partial charge in [0.05, 0.1) is 31.8 Å². The van der Waals surface area contributed by atoms with Crippen LogP contribution in [0.5, 0.6) is 11.5 Å². The van der Waals surface area contributed by atoms with Gasteiger partial charge in [-0.25, -0.2) is 4.98 Å². The van der Waals surface area contributed by atoms with Gasteiger partial charge >= 0.3 is 0 Å². The first-order valence-corrected chi connectivity index (χ1v) is 8.32. The lowest BCUT2D eigenvalue weighted by molar-refractivity contribution is 0.0946. The Bertz CT molecular complexity index is 899. The average Bonchev–Trinajstić information content (AvgIpc) is 2.73. The van der Waals surface area contributed by atoms with E-state index in [1.165, 1.54) is 0 Å². The number of hydrogen-bond acceptors (Lipinski definition) is 6. The van der Waals surface area contributed by atoms with Crippen molar-refractivity contribution in [1.29, 1.82) is 0 Å². The van der Waals surface area contributed by atoms with Gasteiger partial charge in [-0.05, 0) is 35.9 Å². The second-order valence-electron chi connectivity index (χ2n) is 5.67. The fourth-order valence-corrected chi connectivity index (χ4v) is 2.44. The topological polar surface area (TPSA) is 85.4 Å². The summed E-state index contributed by atoms with van der Waals surface area (Å²) < 4.78 is 10.6. The molecule has 0 saturated carbocycles. The normalized spacial score (nSPS) is 10.1. The summed E-state index contributed by atoms with van der Waals surface area (Å²) in [6, 6.07) is 12.6. The first kappa shape index (κ1) is 18.2. The molecule has 3 aromatic rings. The van der Waals surface area contributed by atoms with Crippen molar-refractivity contribution in [3.63, 3.8) is 0 Å². The van der Waals surface area contributed by atoms with E-state index in [9.17, 15) is 4.79 Å². The predicted molar refractivity (Wildman–Crippen MR) is 102 cm³/mol. The van der Waals surface area contributed by atoms with E-state index in [-0.39, 0.29) is 5.91 Å². The van der Waals surface area contributed by atoms with Gasteiger partial charge in [-0.3, -0.25) is 9.78 Å². The summed E-state index contributed by atoms with van der Waals surface area (Å²) in [5.74, 6) is 1.11. The van der Waals surface area contributed by atoms with Crippen molar-refractivity contribution in [2.75, 3.05) is 19.5 Å². The van der Waals surface area contributed by atoms with Crippen LogP contribution in [0.15, 0.2) is 61.1 Å². The van der Waals surface area contributed by atoms with Gasteiger partial charge in [0.25, 0.3) is 5.91 Å². The number of methoxy groups -OCH3 is 2. The molecule has 7 nitrogen and oxygen atoms in total. The quantitative estimate of drug-likeness (QED) is 0.670. The van der Waals surface area contributed by atoms with E-state index in [1.807, 2.05) is 24.3 Å². The number of nitrogens with one attached hydrogen (secondary N) is 2.